The molecule has 0 N–H and O–H groups in total. The van der Waals surface area contributed by atoms with Crippen LogP contribution in [0.1, 0.15) is 20.8 Å². The van der Waals surface area contributed by atoms with E-state index in [1.807, 2.05) is 38.9 Å². The van der Waals surface area contributed by atoms with Crippen LogP contribution in [0.4, 0.5) is 0 Å². The molecule has 0 saturated carbocycles. The summed E-state index contributed by atoms with van der Waals surface area (Å²) in [4.78, 5) is 0. The first-order valence-corrected chi connectivity index (χ1v) is 3.07. The van der Waals surface area contributed by atoms with E-state index in [-0.39, 0.29) is 0 Å². The van der Waals surface area contributed by atoms with E-state index in [0.717, 1.165) is 5.70 Å². The van der Waals surface area contributed by atoms with Gasteiger partial charge in [0.05, 0.1) is 0 Å². The molecule has 2 heteroatoms. The lowest BCUT2D eigenvalue weighted by Crippen LogP contribution is -2.06. The van der Waals surface area contributed by atoms with Crippen LogP contribution in [0.3, 0.4) is 0 Å². The normalized spacial score (nSPS) is 12.7. The van der Waals surface area contributed by atoms with Crippen LogP contribution < -0.4 is 0 Å². The Bertz CT molecular complexity index is 125. The maximum absolute atomic E-state index is 4.04. The Morgan fingerprint density at radius 3 is 2.33 bits per heavy atom. The van der Waals surface area contributed by atoms with Crippen molar-refractivity contribution in [3.05, 3.63) is 11.8 Å². The molecule has 0 aromatic carbocycles. The van der Waals surface area contributed by atoms with Crippen LogP contribution in [0.15, 0.2) is 16.9 Å². The van der Waals surface area contributed by atoms with E-state index >= 15 is 0 Å². The Morgan fingerprint density at radius 1 is 1.44 bits per heavy atom. The molecule has 9 heavy (non-hydrogen) atoms. The number of hydrogen-bond acceptors (Lipinski definition) is 2. The highest BCUT2D eigenvalue weighted by molar-refractivity contribution is 5.52. The second kappa shape index (κ2) is 4.13. The summed E-state index contributed by atoms with van der Waals surface area (Å²) in [5.74, 6) is 0. The molecule has 0 heterocycles. The molecule has 2 nitrogen and oxygen atoms in total. The van der Waals surface area contributed by atoms with Gasteiger partial charge < -0.3 is 0 Å². The van der Waals surface area contributed by atoms with Crippen LogP contribution in [-0.2, 0) is 0 Å². The quantitative estimate of drug-likeness (QED) is 0.407. The van der Waals surface area contributed by atoms with Crippen molar-refractivity contribution in [1.29, 1.82) is 0 Å². The maximum atomic E-state index is 4.04. The predicted octanol–water partition coefficient (Wildman–Crippen LogP) is 1.85. The van der Waals surface area contributed by atoms with E-state index in [1.165, 1.54) is 0 Å². The van der Waals surface area contributed by atoms with E-state index in [4.69, 9.17) is 0 Å². The van der Waals surface area contributed by atoms with Gasteiger partial charge in [0, 0.05) is 19.0 Å². The third-order valence-electron chi connectivity index (χ3n) is 1.22. The molecule has 0 aromatic heterocycles. The summed E-state index contributed by atoms with van der Waals surface area (Å²) in [5, 5.41) is 5.87. The predicted molar refractivity (Wildman–Crippen MR) is 41.4 cm³/mol. The molecule has 0 aliphatic heterocycles. The van der Waals surface area contributed by atoms with Gasteiger partial charge >= 0.3 is 0 Å². The number of hydrazone groups is 1. The highest BCUT2D eigenvalue weighted by atomic mass is 15.4. The Morgan fingerprint density at radius 2 is 2.00 bits per heavy atom. The number of hydrogen-bond donors (Lipinski definition) is 0. The third kappa shape index (κ3) is 2.90. The fourth-order valence-electron chi connectivity index (χ4n) is 0.451. The van der Waals surface area contributed by atoms with Gasteiger partial charge in [0.25, 0.3) is 0 Å². The first kappa shape index (κ1) is 8.21. The summed E-state index contributed by atoms with van der Waals surface area (Å²) < 4.78 is 0. The maximum Gasteiger partial charge on any atom is 0.0299 e. The Labute approximate surface area is 56.9 Å². The van der Waals surface area contributed by atoms with Gasteiger partial charge in [0.2, 0.25) is 0 Å². The SMILES string of the molecule is C/C=N\N(C)/C(C)=C\C. The van der Waals surface area contributed by atoms with Crippen molar-refractivity contribution in [1.82, 2.24) is 5.01 Å². The molecule has 0 rings (SSSR count). The molecular formula is C7H14N2. The first-order valence-electron chi connectivity index (χ1n) is 3.07. The van der Waals surface area contributed by atoms with Gasteiger partial charge in [0.15, 0.2) is 0 Å². The topological polar surface area (TPSA) is 15.6 Å². The molecular weight excluding hydrogens is 112 g/mol. The third-order valence-corrected chi connectivity index (χ3v) is 1.22. The fraction of sp³-hybridized carbons (Fsp3) is 0.571. The van der Waals surface area contributed by atoms with Crippen molar-refractivity contribution in [2.24, 2.45) is 5.10 Å². The van der Waals surface area contributed by atoms with E-state index in [0.29, 0.717) is 0 Å². The lowest BCUT2D eigenvalue weighted by molar-refractivity contribution is 0.448. The van der Waals surface area contributed by atoms with Crippen molar-refractivity contribution >= 4 is 6.21 Å². The van der Waals surface area contributed by atoms with Crippen LogP contribution >= 0.6 is 0 Å². The summed E-state index contributed by atoms with van der Waals surface area (Å²) in [6.07, 6.45) is 3.79. The molecule has 0 unspecified atom stereocenters. The molecule has 0 aliphatic carbocycles. The largest absolute Gasteiger partial charge is 0.274 e. The summed E-state index contributed by atoms with van der Waals surface area (Å²) in [6, 6.07) is 0. The Balaban J connectivity index is 3.88. The van der Waals surface area contributed by atoms with Gasteiger partial charge in [-0.25, -0.2) is 0 Å². The van der Waals surface area contributed by atoms with Crippen LogP contribution in [0.25, 0.3) is 0 Å². The molecule has 0 fully saturated rings. The van der Waals surface area contributed by atoms with E-state index in [9.17, 15) is 0 Å². The van der Waals surface area contributed by atoms with Crippen LogP contribution in [0.2, 0.25) is 0 Å². The highest BCUT2D eigenvalue weighted by Gasteiger charge is 1.89. The zero-order valence-electron chi connectivity index (χ0n) is 6.55. The average molecular weight is 126 g/mol. The number of allylic oxidation sites excluding steroid dienone is 2. The monoisotopic (exact) mass is 126 g/mol. The van der Waals surface area contributed by atoms with Crippen molar-refractivity contribution < 1.29 is 0 Å². The molecule has 0 aromatic rings. The molecule has 52 valence electrons. The van der Waals surface area contributed by atoms with E-state index in [2.05, 4.69) is 5.10 Å². The smallest absolute Gasteiger partial charge is 0.0299 e. The second-order valence-corrected chi connectivity index (χ2v) is 1.83. The summed E-state index contributed by atoms with van der Waals surface area (Å²) in [6.45, 7) is 5.92. The Hall–Kier alpha value is -0.790. The van der Waals surface area contributed by atoms with Crippen molar-refractivity contribution in [2.45, 2.75) is 20.8 Å². The summed E-state index contributed by atoms with van der Waals surface area (Å²) in [7, 11) is 1.93. The van der Waals surface area contributed by atoms with Crippen LogP contribution in [-0.4, -0.2) is 18.3 Å². The molecule has 0 spiro atoms. The van der Waals surface area contributed by atoms with Gasteiger partial charge in [-0.3, -0.25) is 5.01 Å². The number of nitrogens with zero attached hydrogens (tertiary/aromatic N) is 2. The molecule has 0 saturated heterocycles. The van der Waals surface area contributed by atoms with E-state index < -0.39 is 0 Å². The molecule has 0 atom stereocenters. The van der Waals surface area contributed by atoms with Crippen molar-refractivity contribution in [3.8, 4) is 0 Å². The van der Waals surface area contributed by atoms with Crippen molar-refractivity contribution in [3.63, 3.8) is 0 Å². The average Bonchev–Trinajstić information content (AvgIpc) is 1.87. The minimum atomic E-state index is 1.16. The Kier molecular flexibility index (Phi) is 3.76. The fourth-order valence-corrected chi connectivity index (χ4v) is 0.451. The van der Waals surface area contributed by atoms with Gasteiger partial charge in [-0.2, -0.15) is 5.10 Å². The summed E-state index contributed by atoms with van der Waals surface area (Å²) >= 11 is 0. The molecule has 0 amide bonds. The van der Waals surface area contributed by atoms with Crippen molar-refractivity contribution in [2.75, 3.05) is 7.05 Å². The molecule has 0 aliphatic rings. The first-order chi connectivity index (χ1) is 4.22. The lowest BCUT2D eigenvalue weighted by atomic mass is 10.4. The zero-order valence-corrected chi connectivity index (χ0v) is 6.55. The highest BCUT2D eigenvalue weighted by Crippen LogP contribution is 1.97. The minimum Gasteiger partial charge on any atom is -0.274 e. The summed E-state index contributed by atoms with van der Waals surface area (Å²) in [5.41, 5.74) is 1.16. The van der Waals surface area contributed by atoms with Crippen LogP contribution in [0.5, 0.6) is 0 Å². The number of rotatable bonds is 2. The minimum absolute atomic E-state index is 1.16. The molecule has 0 bridgehead atoms. The zero-order chi connectivity index (χ0) is 7.28. The van der Waals surface area contributed by atoms with Gasteiger partial charge in [-0.05, 0) is 20.8 Å². The van der Waals surface area contributed by atoms with Gasteiger partial charge in [-0.15, -0.1) is 0 Å². The van der Waals surface area contributed by atoms with Gasteiger partial charge in [0.1, 0.15) is 0 Å². The standard InChI is InChI=1S/C7H14N2/c1-5-7(3)9(4)8-6-2/h5-6H,1-4H3/b7-5-,8-6-. The molecule has 0 radical (unpaired) electrons. The second-order valence-electron chi connectivity index (χ2n) is 1.83. The van der Waals surface area contributed by atoms with E-state index in [1.54, 1.807) is 6.21 Å². The van der Waals surface area contributed by atoms with Gasteiger partial charge in [-0.1, -0.05) is 6.08 Å². The lowest BCUT2D eigenvalue weighted by Gasteiger charge is -2.11. The van der Waals surface area contributed by atoms with Crippen LogP contribution in [0, 0.1) is 0 Å².